The highest BCUT2D eigenvalue weighted by Crippen LogP contribution is 2.42. The molecule has 1 aliphatic heterocycles. The summed E-state index contributed by atoms with van der Waals surface area (Å²) in [6, 6.07) is 0.285. The van der Waals surface area contributed by atoms with Crippen LogP contribution in [0.4, 0.5) is 4.79 Å². The number of hydrogen-bond acceptors (Lipinski definition) is 3. The van der Waals surface area contributed by atoms with Gasteiger partial charge >= 0.3 is 6.09 Å². The van der Waals surface area contributed by atoms with E-state index >= 15 is 0 Å². The molecule has 4 nitrogen and oxygen atoms in total. The zero-order chi connectivity index (χ0) is 12.5. The molecule has 1 saturated carbocycles. The lowest BCUT2D eigenvalue weighted by Crippen LogP contribution is -2.47. The van der Waals surface area contributed by atoms with Gasteiger partial charge in [0, 0.05) is 18.0 Å². The number of nitrogens with one attached hydrogen (secondary N) is 2. The minimum Gasteiger partial charge on any atom is -0.444 e. The molecule has 0 radical (unpaired) electrons. The van der Waals surface area contributed by atoms with E-state index in [1.165, 1.54) is 19.3 Å². The van der Waals surface area contributed by atoms with E-state index in [-0.39, 0.29) is 17.6 Å². The van der Waals surface area contributed by atoms with Crippen molar-refractivity contribution in [1.29, 1.82) is 0 Å². The summed E-state index contributed by atoms with van der Waals surface area (Å²) in [6.45, 7) is 7.80. The first-order chi connectivity index (χ1) is 7.91. The fourth-order valence-corrected chi connectivity index (χ4v) is 3.09. The molecule has 1 spiro atoms. The highest BCUT2D eigenvalue weighted by molar-refractivity contribution is 5.68. The second-order valence-electron chi connectivity index (χ2n) is 6.38. The third-order valence-corrected chi connectivity index (χ3v) is 3.87. The van der Waals surface area contributed by atoms with Gasteiger partial charge in [-0.2, -0.15) is 0 Å². The number of alkyl carbamates (subject to hydrolysis) is 1. The third kappa shape index (κ3) is 2.92. The topological polar surface area (TPSA) is 50.4 Å². The molecule has 1 aliphatic carbocycles. The Bertz CT molecular complexity index is 285. The standard InChI is InChI=1S/C13H24N2O2/c1-12(2,3)17-11(16)15-10-5-4-6-13(10)7-8-14-9-13/h10,14H,4-9H2,1-3H3,(H,15,16). The number of carbonyl (C=O) groups excluding carboxylic acids is 1. The van der Waals surface area contributed by atoms with Crippen molar-refractivity contribution in [2.75, 3.05) is 13.1 Å². The summed E-state index contributed by atoms with van der Waals surface area (Å²) < 4.78 is 5.33. The van der Waals surface area contributed by atoms with Crippen LogP contribution in [0.3, 0.4) is 0 Å². The summed E-state index contributed by atoms with van der Waals surface area (Å²) in [7, 11) is 0. The number of hydrogen-bond donors (Lipinski definition) is 2. The fourth-order valence-electron chi connectivity index (χ4n) is 3.09. The fraction of sp³-hybridized carbons (Fsp3) is 0.923. The maximum atomic E-state index is 11.8. The van der Waals surface area contributed by atoms with Gasteiger partial charge in [0.25, 0.3) is 0 Å². The summed E-state index contributed by atoms with van der Waals surface area (Å²) >= 11 is 0. The van der Waals surface area contributed by atoms with Crippen LogP contribution < -0.4 is 10.6 Å². The smallest absolute Gasteiger partial charge is 0.407 e. The average Bonchev–Trinajstić information content (AvgIpc) is 2.76. The summed E-state index contributed by atoms with van der Waals surface area (Å²) in [5, 5.41) is 6.48. The molecule has 0 aromatic heterocycles. The van der Waals surface area contributed by atoms with Gasteiger partial charge in [0.2, 0.25) is 0 Å². The summed E-state index contributed by atoms with van der Waals surface area (Å²) in [5.41, 5.74) is -0.124. The van der Waals surface area contributed by atoms with E-state index in [2.05, 4.69) is 10.6 Å². The largest absolute Gasteiger partial charge is 0.444 e. The SMILES string of the molecule is CC(C)(C)OC(=O)NC1CCCC12CCNC2. The van der Waals surface area contributed by atoms with E-state index in [4.69, 9.17) is 4.74 Å². The van der Waals surface area contributed by atoms with Crippen LogP contribution in [0, 0.1) is 5.41 Å². The Morgan fingerprint density at radius 3 is 2.76 bits per heavy atom. The second kappa shape index (κ2) is 4.48. The molecular formula is C13H24N2O2. The third-order valence-electron chi connectivity index (χ3n) is 3.87. The van der Waals surface area contributed by atoms with Crippen molar-refractivity contribution >= 4 is 6.09 Å². The Hall–Kier alpha value is -0.770. The number of rotatable bonds is 1. The lowest BCUT2D eigenvalue weighted by molar-refractivity contribution is 0.0467. The summed E-state index contributed by atoms with van der Waals surface area (Å²) in [5.74, 6) is 0. The second-order valence-corrected chi connectivity index (χ2v) is 6.38. The Balaban J connectivity index is 1.92. The molecule has 4 heteroatoms. The van der Waals surface area contributed by atoms with Gasteiger partial charge in [0.1, 0.15) is 5.60 Å². The average molecular weight is 240 g/mol. The van der Waals surface area contributed by atoms with Crippen LogP contribution in [-0.2, 0) is 4.74 Å². The molecule has 17 heavy (non-hydrogen) atoms. The van der Waals surface area contributed by atoms with E-state index in [1.54, 1.807) is 0 Å². The Labute approximate surface area is 103 Å². The van der Waals surface area contributed by atoms with Gasteiger partial charge < -0.3 is 15.4 Å². The Morgan fingerprint density at radius 1 is 1.41 bits per heavy atom. The van der Waals surface area contributed by atoms with Crippen molar-refractivity contribution in [1.82, 2.24) is 10.6 Å². The maximum absolute atomic E-state index is 11.8. The maximum Gasteiger partial charge on any atom is 0.407 e. The van der Waals surface area contributed by atoms with E-state index in [9.17, 15) is 4.79 Å². The molecule has 2 N–H and O–H groups in total. The van der Waals surface area contributed by atoms with Crippen LogP contribution in [0.15, 0.2) is 0 Å². The Morgan fingerprint density at radius 2 is 2.18 bits per heavy atom. The van der Waals surface area contributed by atoms with Crippen LogP contribution in [0.5, 0.6) is 0 Å². The molecule has 0 aromatic rings. The minimum absolute atomic E-state index is 0.268. The zero-order valence-electron chi connectivity index (χ0n) is 11.1. The molecule has 98 valence electrons. The molecule has 1 saturated heterocycles. The molecule has 2 atom stereocenters. The summed E-state index contributed by atoms with van der Waals surface area (Å²) in [6.07, 6.45) is 4.42. The van der Waals surface area contributed by atoms with Crippen LogP contribution in [0.1, 0.15) is 46.5 Å². The summed E-state index contributed by atoms with van der Waals surface area (Å²) in [4.78, 5) is 11.8. The molecule has 2 aliphatic rings. The van der Waals surface area contributed by atoms with Gasteiger partial charge in [0.05, 0.1) is 0 Å². The molecule has 1 amide bonds. The first kappa shape index (κ1) is 12.7. The lowest BCUT2D eigenvalue weighted by Gasteiger charge is -2.31. The van der Waals surface area contributed by atoms with Gasteiger partial charge in [-0.3, -0.25) is 0 Å². The van der Waals surface area contributed by atoms with Crippen molar-refractivity contribution in [3.8, 4) is 0 Å². The van der Waals surface area contributed by atoms with Crippen LogP contribution >= 0.6 is 0 Å². The van der Waals surface area contributed by atoms with E-state index < -0.39 is 5.60 Å². The van der Waals surface area contributed by atoms with Crippen molar-refractivity contribution in [2.24, 2.45) is 5.41 Å². The van der Waals surface area contributed by atoms with E-state index in [0.29, 0.717) is 0 Å². The quantitative estimate of drug-likeness (QED) is 0.737. The van der Waals surface area contributed by atoms with Crippen LogP contribution in [0.2, 0.25) is 0 Å². The predicted molar refractivity (Wildman–Crippen MR) is 66.9 cm³/mol. The van der Waals surface area contributed by atoms with Gasteiger partial charge in [-0.15, -0.1) is 0 Å². The van der Waals surface area contributed by atoms with Crippen LogP contribution in [-0.4, -0.2) is 30.8 Å². The molecule has 0 aromatic carbocycles. The highest BCUT2D eigenvalue weighted by Gasteiger charge is 2.45. The Kier molecular flexibility index (Phi) is 3.34. The van der Waals surface area contributed by atoms with Crippen molar-refractivity contribution in [3.05, 3.63) is 0 Å². The van der Waals surface area contributed by atoms with Crippen molar-refractivity contribution in [3.63, 3.8) is 0 Å². The normalized spacial score (nSPS) is 33.0. The molecule has 1 heterocycles. The number of carbonyl (C=O) groups is 1. The lowest BCUT2D eigenvalue weighted by atomic mass is 9.82. The molecule has 2 fully saturated rings. The monoisotopic (exact) mass is 240 g/mol. The minimum atomic E-state index is -0.413. The first-order valence-corrected chi connectivity index (χ1v) is 6.62. The number of amides is 1. The predicted octanol–water partition coefficient (Wildman–Crippen LogP) is 2.04. The van der Waals surface area contributed by atoms with Gasteiger partial charge in [-0.25, -0.2) is 4.79 Å². The number of ether oxygens (including phenoxy) is 1. The van der Waals surface area contributed by atoms with Crippen LogP contribution in [0.25, 0.3) is 0 Å². The molecule has 2 unspecified atom stereocenters. The van der Waals surface area contributed by atoms with E-state index in [0.717, 1.165) is 19.5 Å². The van der Waals surface area contributed by atoms with Crippen molar-refractivity contribution in [2.45, 2.75) is 58.1 Å². The van der Waals surface area contributed by atoms with Gasteiger partial charge in [0.15, 0.2) is 0 Å². The molecule has 2 rings (SSSR count). The van der Waals surface area contributed by atoms with Gasteiger partial charge in [-0.1, -0.05) is 6.42 Å². The molecular weight excluding hydrogens is 216 g/mol. The van der Waals surface area contributed by atoms with Gasteiger partial charge in [-0.05, 0) is 46.6 Å². The van der Waals surface area contributed by atoms with Crippen molar-refractivity contribution < 1.29 is 9.53 Å². The zero-order valence-corrected chi connectivity index (χ0v) is 11.1. The molecule has 0 bridgehead atoms. The van der Waals surface area contributed by atoms with E-state index in [1.807, 2.05) is 20.8 Å². The highest BCUT2D eigenvalue weighted by atomic mass is 16.6. The first-order valence-electron chi connectivity index (χ1n) is 6.62.